The van der Waals surface area contributed by atoms with Gasteiger partial charge < -0.3 is 10.6 Å². The third kappa shape index (κ3) is 4.07. The highest BCUT2D eigenvalue weighted by molar-refractivity contribution is 7.80. The van der Waals surface area contributed by atoms with Crippen molar-refractivity contribution >= 4 is 46.2 Å². The van der Waals surface area contributed by atoms with Gasteiger partial charge in [0.25, 0.3) is 0 Å². The van der Waals surface area contributed by atoms with E-state index in [9.17, 15) is 4.39 Å². The molecule has 2 aromatic rings. The van der Waals surface area contributed by atoms with E-state index >= 15 is 0 Å². The van der Waals surface area contributed by atoms with Gasteiger partial charge in [0.2, 0.25) is 0 Å². The van der Waals surface area contributed by atoms with Crippen LogP contribution in [0.15, 0.2) is 42.5 Å². The van der Waals surface area contributed by atoms with Crippen LogP contribution in [0.2, 0.25) is 10.0 Å². The molecule has 0 aromatic heterocycles. The number of rotatable bonds is 3. The number of halogens is 3. The van der Waals surface area contributed by atoms with Crippen molar-refractivity contribution in [3.8, 4) is 0 Å². The van der Waals surface area contributed by atoms with Crippen LogP contribution in [-0.2, 0) is 6.54 Å². The van der Waals surface area contributed by atoms with E-state index in [1.165, 1.54) is 6.07 Å². The molecule has 0 aliphatic carbocycles. The molecule has 0 unspecified atom stereocenters. The van der Waals surface area contributed by atoms with E-state index in [0.717, 1.165) is 0 Å². The summed E-state index contributed by atoms with van der Waals surface area (Å²) in [7, 11) is 0. The Balaban J connectivity index is 1.94. The molecule has 2 nitrogen and oxygen atoms in total. The van der Waals surface area contributed by atoms with Crippen molar-refractivity contribution in [2.45, 2.75) is 6.54 Å². The maximum Gasteiger partial charge on any atom is 0.171 e. The van der Waals surface area contributed by atoms with Gasteiger partial charge in [-0.1, -0.05) is 41.4 Å². The number of hydrogen-bond donors (Lipinski definition) is 2. The molecular weight excluding hydrogens is 318 g/mol. The topological polar surface area (TPSA) is 24.1 Å². The van der Waals surface area contributed by atoms with Crippen LogP contribution in [0.3, 0.4) is 0 Å². The van der Waals surface area contributed by atoms with E-state index in [0.29, 0.717) is 33.0 Å². The molecule has 0 heterocycles. The summed E-state index contributed by atoms with van der Waals surface area (Å²) in [5.74, 6) is -0.271. The molecule has 2 N–H and O–H groups in total. The molecule has 2 aromatic carbocycles. The molecule has 0 amide bonds. The Labute approximate surface area is 131 Å². The molecule has 2 rings (SSSR count). The molecule has 0 atom stereocenters. The van der Waals surface area contributed by atoms with Gasteiger partial charge in [0, 0.05) is 17.1 Å². The number of benzene rings is 2. The van der Waals surface area contributed by atoms with E-state index in [2.05, 4.69) is 10.6 Å². The van der Waals surface area contributed by atoms with Crippen molar-refractivity contribution in [3.63, 3.8) is 0 Å². The molecule has 0 radical (unpaired) electrons. The summed E-state index contributed by atoms with van der Waals surface area (Å²) in [5, 5.41) is 7.22. The molecule has 104 valence electrons. The van der Waals surface area contributed by atoms with Crippen LogP contribution >= 0.6 is 35.4 Å². The summed E-state index contributed by atoms with van der Waals surface area (Å²) in [4.78, 5) is 0. The molecule has 0 aliphatic rings. The highest BCUT2D eigenvalue weighted by Gasteiger charge is 2.05. The van der Waals surface area contributed by atoms with Crippen LogP contribution in [0.25, 0.3) is 0 Å². The fourth-order valence-electron chi connectivity index (χ4n) is 1.57. The van der Waals surface area contributed by atoms with Gasteiger partial charge in [0.15, 0.2) is 5.11 Å². The summed E-state index contributed by atoms with van der Waals surface area (Å²) in [6, 6.07) is 11.6. The zero-order chi connectivity index (χ0) is 14.5. The fourth-order valence-corrected chi connectivity index (χ4v) is 2.21. The van der Waals surface area contributed by atoms with Crippen molar-refractivity contribution in [3.05, 3.63) is 63.9 Å². The average molecular weight is 329 g/mol. The Morgan fingerprint density at radius 2 is 1.90 bits per heavy atom. The SMILES string of the molecule is Fc1ccccc1CNC(=S)Nc1ccc(Cl)cc1Cl. The number of anilines is 1. The van der Waals surface area contributed by atoms with Gasteiger partial charge in [-0.05, 0) is 36.5 Å². The average Bonchev–Trinajstić information content (AvgIpc) is 2.41. The molecule has 0 fully saturated rings. The minimum absolute atomic E-state index is 0.271. The minimum Gasteiger partial charge on any atom is -0.358 e. The van der Waals surface area contributed by atoms with Gasteiger partial charge >= 0.3 is 0 Å². The first-order chi connectivity index (χ1) is 9.56. The Bertz CT molecular complexity index is 634. The van der Waals surface area contributed by atoms with Crippen LogP contribution in [0.5, 0.6) is 0 Å². The van der Waals surface area contributed by atoms with Crippen molar-refractivity contribution in [2.75, 3.05) is 5.32 Å². The normalized spacial score (nSPS) is 10.2. The molecule has 0 saturated heterocycles. The van der Waals surface area contributed by atoms with E-state index in [4.69, 9.17) is 35.4 Å². The number of nitrogens with one attached hydrogen (secondary N) is 2. The lowest BCUT2D eigenvalue weighted by Crippen LogP contribution is -2.28. The van der Waals surface area contributed by atoms with Crippen molar-refractivity contribution in [1.29, 1.82) is 0 Å². The lowest BCUT2D eigenvalue weighted by atomic mass is 10.2. The highest BCUT2D eigenvalue weighted by atomic mass is 35.5. The van der Waals surface area contributed by atoms with E-state index < -0.39 is 0 Å². The first-order valence-corrected chi connectivity index (χ1v) is 6.96. The Morgan fingerprint density at radius 1 is 1.15 bits per heavy atom. The lowest BCUT2D eigenvalue weighted by molar-refractivity contribution is 0.606. The quantitative estimate of drug-likeness (QED) is 0.804. The van der Waals surface area contributed by atoms with E-state index in [1.54, 1.807) is 36.4 Å². The largest absolute Gasteiger partial charge is 0.358 e. The minimum atomic E-state index is -0.271. The predicted octanol–water partition coefficient (Wildman–Crippen LogP) is 4.62. The van der Waals surface area contributed by atoms with Gasteiger partial charge in [0.1, 0.15) is 5.82 Å². The molecule has 0 aliphatic heterocycles. The maximum atomic E-state index is 13.4. The van der Waals surface area contributed by atoms with Gasteiger partial charge in [-0.3, -0.25) is 0 Å². The standard InChI is InChI=1S/C14H11Cl2FN2S/c15-10-5-6-13(11(16)7-10)19-14(20)18-8-9-3-1-2-4-12(9)17/h1-7H,8H2,(H2,18,19,20). The third-order valence-corrected chi connectivity index (χ3v) is 3.37. The number of thiocarbonyl (C=S) groups is 1. The second kappa shape index (κ2) is 6.88. The monoisotopic (exact) mass is 328 g/mol. The van der Waals surface area contributed by atoms with Crippen LogP contribution in [0.4, 0.5) is 10.1 Å². The Hall–Kier alpha value is -1.36. The zero-order valence-corrected chi connectivity index (χ0v) is 12.6. The molecule has 20 heavy (non-hydrogen) atoms. The highest BCUT2D eigenvalue weighted by Crippen LogP contribution is 2.25. The summed E-state index contributed by atoms with van der Waals surface area (Å²) in [6.07, 6.45) is 0. The van der Waals surface area contributed by atoms with Crippen LogP contribution in [-0.4, -0.2) is 5.11 Å². The third-order valence-electron chi connectivity index (χ3n) is 2.58. The molecule has 6 heteroatoms. The number of hydrogen-bond acceptors (Lipinski definition) is 1. The summed E-state index contributed by atoms with van der Waals surface area (Å²) >= 11 is 17.0. The summed E-state index contributed by atoms with van der Waals surface area (Å²) < 4.78 is 13.4. The van der Waals surface area contributed by atoms with Crippen LogP contribution < -0.4 is 10.6 Å². The molecule has 0 saturated carbocycles. The second-order valence-corrected chi connectivity index (χ2v) is 5.28. The van der Waals surface area contributed by atoms with Gasteiger partial charge in [0.05, 0.1) is 10.7 Å². The van der Waals surface area contributed by atoms with Crippen molar-refractivity contribution < 1.29 is 4.39 Å². The molecule has 0 bridgehead atoms. The van der Waals surface area contributed by atoms with Crippen LogP contribution in [0.1, 0.15) is 5.56 Å². The maximum absolute atomic E-state index is 13.4. The van der Waals surface area contributed by atoms with Crippen LogP contribution in [0, 0.1) is 5.82 Å². The first-order valence-electron chi connectivity index (χ1n) is 5.79. The lowest BCUT2D eigenvalue weighted by Gasteiger charge is -2.12. The molecule has 0 spiro atoms. The van der Waals surface area contributed by atoms with Crippen molar-refractivity contribution in [2.24, 2.45) is 0 Å². The van der Waals surface area contributed by atoms with E-state index in [-0.39, 0.29) is 5.82 Å². The summed E-state index contributed by atoms with van der Waals surface area (Å²) in [6.45, 7) is 0.295. The summed E-state index contributed by atoms with van der Waals surface area (Å²) in [5.41, 5.74) is 1.18. The zero-order valence-electron chi connectivity index (χ0n) is 10.3. The Morgan fingerprint density at radius 3 is 2.60 bits per heavy atom. The van der Waals surface area contributed by atoms with Gasteiger partial charge in [-0.25, -0.2) is 4.39 Å². The van der Waals surface area contributed by atoms with Gasteiger partial charge in [-0.2, -0.15) is 0 Å². The fraction of sp³-hybridized carbons (Fsp3) is 0.0714. The predicted molar refractivity (Wildman–Crippen MR) is 85.9 cm³/mol. The first kappa shape index (κ1) is 15.0. The smallest absolute Gasteiger partial charge is 0.171 e. The Kier molecular flexibility index (Phi) is 5.17. The molecular formula is C14H11Cl2FN2S. The second-order valence-electron chi connectivity index (χ2n) is 4.02. The van der Waals surface area contributed by atoms with Gasteiger partial charge in [-0.15, -0.1) is 0 Å². The van der Waals surface area contributed by atoms with Crippen molar-refractivity contribution in [1.82, 2.24) is 5.32 Å². The van der Waals surface area contributed by atoms with E-state index in [1.807, 2.05) is 0 Å².